The van der Waals surface area contributed by atoms with E-state index >= 15 is 0 Å². The van der Waals surface area contributed by atoms with Crippen molar-refractivity contribution in [1.29, 1.82) is 5.26 Å². The van der Waals surface area contributed by atoms with Crippen LogP contribution in [0.15, 0.2) is 55.0 Å². The highest BCUT2D eigenvalue weighted by atomic mass is 32.2. The van der Waals surface area contributed by atoms with Gasteiger partial charge in [-0.1, -0.05) is 24.3 Å². The van der Waals surface area contributed by atoms with Crippen molar-refractivity contribution < 1.29 is 8.42 Å². The van der Waals surface area contributed by atoms with Gasteiger partial charge >= 0.3 is 0 Å². The van der Waals surface area contributed by atoms with Crippen LogP contribution in [0, 0.1) is 11.3 Å². The number of nitrogens with zero attached hydrogens (tertiary/aromatic N) is 6. The zero-order valence-electron chi connectivity index (χ0n) is 18.5. The Morgan fingerprint density at radius 2 is 2.09 bits per heavy atom. The molecule has 0 amide bonds. The van der Waals surface area contributed by atoms with Crippen molar-refractivity contribution in [3.05, 3.63) is 71.8 Å². The highest BCUT2D eigenvalue weighted by molar-refractivity contribution is 7.86. The number of imidazole rings is 1. The van der Waals surface area contributed by atoms with Crippen molar-refractivity contribution >= 4 is 15.9 Å². The molecule has 2 aliphatic rings. The molecule has 0 saturated heterocycles. The third kappa shape index (κ3) is 4.35. The van der Waals surface area contributed by atoms with Gasteiger partial charge in [0.1, 0.15) is 0 Å². The molecule has 9 heteroatoms. The molecule has 0 N–H and O–H groups in total. The lowest BCUT2D eigenvalue weighted by Crippen LogP contribution is -2.54. The molecule has 32 heavy (non-hydrogen) atoms. The van der Waals surface area contributed by atoms with Crippen LogP contribution < -0.4 is 4.90 Å². The number of aryl methyl sites for hydroxylation is 1. The molecule has 0 bridgehead atoms. The van der Waals surface area contributed by atoms with E-state index in [1.54, 1.807) is 10.6 Å². The molecule has 168 valence electrons. The molecular weight excluding hydrogens is 424 g/mol. The van der Waals surface area contributed by atoms with Crippen LogP contribution in [0.3, 0.4) is 0 Å². The normalized spacial score (nSPS) is 18.7. The summed E-state index contributed by atoms with van der Waals surface area (Å²) in [4.78, 5) is 6.40. The fourth-order valence-electron chi connectivity index (χ4n) is 4.33. The third-order valence-corrected chi connectivity index (χ3v) is 7.92. The quantitative estimate of drug-likeness (QED) is 0.602. The number of rotatable bonds is 7. The molecular formula is C23H28N6O2S. The molecule has 4 rings (SSSR count). The van der Waals surface area contributed by atoms with Crippen molar-refractivity contribution in [2.45, 2.75) is 25.9 Å². The molecule has 1 aromatic heterocycles. The fraction of sp³-hybridized carbons (Fsp3) is 0.391. The Balaban J connectivity index is 1.72. The van der Waals surface area contributed by atoms with Gasteiger partial charge in [0.25, 0.3) is 10.2 Å². The van der Waals surface area contributed by atoms with Crippen molar-refractivity contribution in [2.75, 3.05) is 31.1 Å². The number of benzene rings is 1. The van der Waals surface area contributed by atoms with E-state index in [0.29, 0.717) is 38.2 Å². The summed E-state index contributed by atoms with van der Waals surface area (Å²) < 4.78 is 32.2. The van der Waals surface area contributed by atoms with Gasteiger partial charge < -0.3 is 9.47 Å². The summed E-state index contributed by atoms with van der Waals surface area (Å²) in [6, 6.07) is 7.57. The van der Waals surface area contributed by atoms with E-state index in [4.69, 9.17) is 0 Å². The molecule has 2 aromatic rings. The summed E-state index contributed by atoms with van der Waals surface area (Å²) in [6.45, 7) is 8.00. The Morgan fingerprint density at radius 1 is 1.34 bits per heavy atom. The standard InChI is InChI=1S/C23H28N6O2S/c1-18(2)14-29(32(30,31)28-8-4-5-9-28)21-11-20-10-19(12-24)6-7-23(20)27(15-21)16-22-13-25-17-26(22)3/h4-7,10,13,17,21H,1,8-9,11,14-16H2,2-3H3. The van der Waals surface area contributed by atoms with E-state index in [0.717, 1.165) is 22.5 Å². The Kier molecular flexibility index (Phi) is 6.20. The molecule has 0 radical (unpaired) electrons. The van der Waals surface area contributed by atoms with Gasteiger partial charge in [-0.05, 0) is 37.1 Å². The van der Waals surface area contributed by atoms with Gasteiger partial charge in [0.05, 0.1) is 30.2 Å². The Bertz CT molecular complexity index is 1190. The second-order valence-electron chi connectivity index (χ2n) is 8.49. The topological polar surface area (TPSA) is 85.5 Å². The molecule has 0 fully saturated rings. The van der Waals surface area contributed by atoms with Gasteiger partial charge in [0, 0.05) is 51.2 Å². The van der Waals surface area contributed by atoms with Gasteiger partial charge in [-0.3, -0.25) is 0 Å². The maximum atomic E-state index is 13.6. The first-order valence-electron chi connectivity index (χ1n) is 10.6. The lowest BCUT2D eigenvalue weighted by molar-refractivity contribution is 0.301. The summed E-state index contributed by atoms with van der Waals surface area (Å²) in [7, 11) is -1.73. The zero-order valence-corrected chi connectivity index (χ0v) is 19.3. The number of fused-ring (bicyclic) bond motifs is 1. The average Bonchev–Trinajstić information content (AvgIpc) is 3.44. The minimum atomic E-state index is -3.67. The summed E-state index contributed by atoms with van der Waals surface area (Å²) in [5, 5.41) is 9.41. The smallest absolute Gasteiger partial charge is 0.283 e. The lowest BCUT2D eigenvalue weighted by Gasteiger charge is -2.41. The van der Waals surface area contributed by atoms with Crippen molar-refractivity contribution in [3.63, 3.8) is 0 Å². The van der Waals surface area contributed by atoms with Gasteiger partial charge in [-0.15, -0.1) is 0 Å². The minimum absolute atomic E-state index is 0.260. The van der Waals surface area contributed by atoms with E-state index in [2.05, 4.69) is 22.5 Å². The Morgan fingerprint density at radius 3 is 2.72 bits per heavy atom. The molecule has 0 saturated carbocycles. The van der Waals surface area contributed by atoms with Crippen LogP contribution >= 0.6 is 0 Å². The van der Waals surface area contributed by atoms with Crippen LogP contribution in [0.2, 0.25) is 0 Å². The van der Waals surface area contributed by atoms with Crippen molar-refractivity contribution in [1.82, 2.24) is 18.2 Å². The number of nitriles is 1. The predicted octanol–water partition coefficient (Wildman–Crippen LogP) is 2.22. The highest BCUT2D eigenvalue weighted by Crippen LogP contribution is 2.33. The molecule has 3 heterocycles. The Labute approximate surface area is 189 Å². The second-order valence-corrected chi connectivity index (χ2v) is 10.4. The fourth-order valence-corrected chi connectivity index (χ4v) is 6.08. The van der Waals surface area contributed by atoms with Gasteiger partial charge in [-0.25, -0.2) is 4.98 Å². The molecule has 0 aliphatic carbocycles. The van der Waals surface area contributed by atoms with Crippen molar-refractivity contribution in [3.8, 4) is 6.07 Å². The van der Waals surface area contributed by atoms with Crippen LogP contribution in [-0.2, 0) is 30.2 Å². The molecule has 0 spiro atoms. The highest BCUT2D eigenvalue weighted by Gasteiger charge is 2.38. The summed E-state index contributed by atoms with van der Waals surface area (Å²) in [5.74, 6) is 0. The van der Waals surface area contributed by atoms with Crippen molar-refractivity contribution in [2.24, 2.45) is 7.05 Å². The molecule has 2 aliphatic heterocycles. The van der Waals surface area contributed by atoms with Gasteiger partial charge in [-0.2, -0.15) is 22.3 Å². The van der Waals surface area contributed by atoms with E-state index in [-0.39, 0.29) is 12.6 Å². The van der Waals surface area contributed by atoms with E-state index in [9.17, 15) is 13.7 Å². The van der Waals surface area contributed by atoms with E-state index < -0.39 is 10.2 Å². The zero-order chi connectivity index (χ0) is 22.9. The number of aromatic nitrogens is 2. The molecule has 1 atom stereocenters. The van der Waals surface area contributed by atoms with Crippen LogP contribution in [0.4, 0.5) is 5.69 Å². The lowest BCUT2D eigenvalue weighted by atomic mass is 9.95. The van der Waals surface area contributed by atoms with E-state index in [1.807, 2.05) is 55.1 Å². The van der Waals surface area contributed by atoms with Crippen LogP contribution in [0.1, 0.15) is 23.7 Å². The number of hydrogen-bond donors (Lipinski definition) is 0. The third-order valence-electron chi connectivity index (χ3n) is 5.95. The van der Waals surface area contributed by atoms with Gasteiger partial charge in [0.2, 0.25) is 0 Å². The predicted molar refractivity (Wildman–Crippen MR) is 124 cm³/mol. The van der Waals surface area contributed by atoms with Gasteiger partial charge in [0.15, 0.2) is 0 Å². The SMILES string of the molecule is C=C(C)CN(C1Cc2cc(C#N)ccc2N(Cc2cncn2C)C1)S(=O)(=O)N1CC=CC1. The molecule has 1 aromatic carbocycles. The summed E-state index contributed by atoms with van der Waals surface area (Å²) in [5.41, 5.74) is 4.39. The van der Waals surface area contributed by atoms with E-state index in [1.165, 1.54) is 4.31 Å². The maximum absolute atomic E-state index is 13.6. The summed E-state index contributed by atoms with van der Waals surface area (Å²) >= 11 is 0. The minimum Gasteiger partial charge on any atom is -0.364 e. The second kappa shape index (κ2) is 8.90. The van der Waals surface area contributed by atoms with Crippen LogP contribution in [0.25, 0.3) is 0 Å². The first-order chi connectivity index (χ1) is 15.3. The summed E-state index contributed by atoms with van der Waals surface area (Å²) in [6.07, 6.45) is 7.88. The molecule has 8 nitrogen and oxygen atoms in total. The van der Waals surface area contributed by atoms with Crippen LogP contribution in [0.5, 0.6) is 0 Å². The first kappa shape index (κ1) is 22.3. The average molecular weight is 453 g/mol. The first-order valence-corrected chi connectivity index (χ1v) is 12.0. The monoisotopic (exact) mass is 452 g/mol. The molecule has 1 unspecified atom stereocenters. The maximum Gasteiger partial charge on any atom is 0.283 e. The largest absolute Gasteiger partial charge is 0.364 e. The van der Waals surface area contributed by atoms with Crippen LogP contribution in [-0.4, -0.2) is 58.8 Å². The number of anilines is 1. The number of hydrogen-bond acceptors (Lipinski definition) is 5. The Hall–Kier alpha value is -2.93.